The third-order valence-corrected chi connectivity index (χ3v) is 10.4. The first-order valence-electron chi connectivity index (χ1n) is 11.4. The van der Waals surface area contributed by atoms with Crippen LogP contribution in [-0.4, -0.2) is 23.1 Å². The highest BCUT2D eigenvalue weighted by Crippen LogP contribution is 2.79. The largest absolute Gasteiger partial charge is 0.411 e. The summed E-state index contributed by atoms with van der Waals surface area (Å²) in [5, 5.41) is 12.9. The van der Waals surface area contributed by atoms with Crippen LogP contribution in [0.15, 0.2) is 29.0 Å². The first kappa shape index (κ1) is 15.8. The number of allylic oxidation sites excluding steroid dienone is 2. The molecule has 0 bridgehead atoms. The van der Waals surface area contributed by atoms with Gasteiger partial charge >= 0.3 is 0 Å². The first-order chi connectivity index (χ1) is 13.1. The van der Waals surface area contributed by atoms with Crippen LogP contribution in [0.2, 0.25) is 0 Å². The van der Waals surface area contributed by atoms with Crippen molar-refractivity contribution in [2.75, 3.05) is 6.61 Å². The Labute approximate surface area is 161 Å². The second kappa shape index (κ2) is 4.72. The quantitative estimate of drug-likeness (QED) is 0.374. The Morgan fingerprint density at radius 1 is 1.15 bits per heavy atom. The summed E-state index contributed by atoms with van der Waals surface area (Å²) in [7, 11) is 0. The van der Waals surface area contributed by atoms with Crippen molar-refractivity contribution in [1.82, 2.24) is 0 Å². The van der Waals surface area contributed by atoms with Crippen LogP contribution in [-0.2, 0) is 4.74 Å². The van der Waals surface area contributed by atoms with Gasteiger partial charge in [-0.1, -0.05) is 29.8 Å². The minimum absolute atomic E-state index is 0.0728. The summed E-state index contributed by atoms with van der Waals surface area (Å²) in [6, 6.07) is 0. The van der Waals surface area contributed by atoms with Gasteiger partial charge < -0.3 is 9.94 Å². The molecule has 0 amide bonds. The monoisotopic (exact) mass is 365 g/mol. The van der Waals surface area contributed by atoms with E-state index < -0.39 is 0 Å². The van der Waals surface area contributed by atoms with Crippen LogP contribution in [0, 0.1) is 46.3 Å². The van der Waals surface area contributed by atoms with Gasteiger partial charge in [0.1, 0.15) is 0 Å². The second-order valence-corrected chi connectivity index (χ2v) is 11.1. The minimum Gasteiger partial charge on any atom is -0.411 e. The Bertz CT molecular complexity index is 807. The van der Waals surface area contributed by atoms with Gasteiger partial charge in [0.2, 0.25) is 0 Å². The van der Waals surface area contributed by atoms with Crippen LogP contribution < -0.4 is 0 Å². The Morgan fingerprint density at radius 3 is 2.78 bits per heavy atom. The molecule has 3 heteroatoms. The Hall–Kier alpha value is -1.09. The Kier molecular flexibility index (Phi) is 2.76. The van der Waals surface area contributed by atoms with Crippen LogP contribution in [0.4, 0.5) is 0 Å². The molecule has 3 nitrogen and oxygen atoms in total. The molecular formula is C24H31NO2. The van der Waals surface area contributed by atoms with Gasteiger partial charge in [0.05, 0.1) is 17.9 Å². The maximum atomic E-state index is 9.34. The highest BCUT2D eigenvalue weighted by molar-refractivity contribution is 5.96. The fourth-order valence-electron chi connectivity index (χ4n) is 9.28. The van der Waals surface area contributed by atoms with Gasteiger partial charge in [-0.25, -0.2) is 0 Å². The molecule has 1 aliphatic heterocycles. The van der Waals surface area contributed by atoms with E-state index in [2.05, 4.69) is 30.3 Å². The van der Waals surface area contributed by atoms with Crippen LogP contribution >= 0.6 is 0 Å². The van der Waals surface area contributed by atoms with E-state index in [1.165, 1.54) is 44.9 Å². The smallest absolute Gasteiger partial charge is 0.0954 e. The molecule has 0 unspecified atom stereocenters. The third-order valence-electron chi connectivity index (χ3n) is 10.4. The van der Waals surface area contributed by atoms with Gasteiger partial charge in [-0.15, -0.1) is 0 Å². The summed E-state index contributed by atoms with van der Waals surface area (Å²) >= 11 is 0. The normalized spacial score (nSPS) is 57.2. The molecular weight excluding hydrogens is 334 g/mol. The van der Waals surface area contributed by atoms with Crippen molar-refractivity contribution in [2.24, 2.45) is 51.5 Å². The van der Waals surface area contributed by atoms with Gasteiger partial charge in [0, 0.05) is 5.41 Å². The summed E-state index contributed by atoms with van der Waals surface area (Å²) in [5.74, 6) is 5.11. The Balaban J connectivity index is 1.31. The Morgan fingerprint density at radius 2 is 2.04 bits per heavy atom. The molecule has 144 valence electrons. The number of hydrogen-bond donors (Lipinski definition) is 1. The van der Waals surface area contributed by atoms with E-state index in [0.29, 0.717) is 10.8 Å². The molecule has 6 aliphatic carbocycles. The molecule has 1 heterocycles. The van der Waals surface area contributed by atoms with Gasteiger partial charge in [0.15, 0.2) is 0 Å². The number of nitrogens with zero attached hydrogens (tertiary/aromatic N) is 1. The van der Waals surface area contributed by atoms with Gasteiger partial charge in [0.25, 0.3) is 0 Å². The zero-order chi connectivity index (χ0) is 18.0. The zero-order valence-electron chi connectivity index (χ0n) is 16.4. The topological polar surface area (TPSA) is 41.8 Å². The molecule has 7 rings (SSSR count). The molecule has 2 spiro atoms. The molecule has 0 aromatic rings. The number of fused-ring (bicyclic) bond motifs is 10. The van der Waals surface area contributed by atoms with Crippen molar-refractivity contribution in [3.8, 4) is 0 Å². The molecule has 0 aromatic carbocycles. The number of ether oxygens (including phenoxy) is 1. The molecule has 27 heavy (non-hydrogen) atoms. The van der Waals surface area contributed by atoms with Gasteiger partial charge in [-0.2, -0.15) is 0 Å². The van der Waals surface area contributed by atoms with Crippen LogP contribution in [0.1, 0.15) is 58.3 Å². The molecule has 5 saturated carbocycles. The van der Waals surface area contributed by atoms with Crippen molar-refractivity contribution < 1.29 is 9.94 Å². The van der Waals surface area contributed by atoms with E-state index in [-0.39, 0.29) is 5.60 Å². The molecule has 0 radical (unpaired) electrons. The van der Waals surface area contributed by atoms with Gasteiger partial charge in [-0.05, 0) is 98.4 Å². The second-order valence-electron chi connectivity index (χ2n) is 11.1. The zero-order valence-corrected chi connectivity index (χ0v) is 16.4. The predicted molar refractivity (Wildman–Crippen MR) is 104 cm³/mol. The van der Waals surface area contributed by atoms with E-state index in [9.17, 15) is 5.21 Å². The molecule has 0 aromatic heterocycles. The first-order valence-corrected chi connectivity index (χ1v) is 11.4. The fraction of sp³-hybridized carbons (Fsp3) is 0.792. The lowest BCUT2D eigenvalue weighted by atomic mass is 9.47. The lowest BCUT2D eigenvalue weighted by molar-refractivity contribution is -0.134. The van der Waals surface area contributed by atoms with Crippen molar-refractivity contribution in [3.63, 3.8) is 0 Å². The highest BCUT2D eigenvalue weighted by atomic mass is 16.5. The lowest BCUT2D eigenvalue weighted by Gasteiger charge is -2.58. The maximum Gasteiger partial charge on any atom is 0.0954 e. The SMILES string of the molecule is C[C@]12CC[C@H]3[C@@H](CC4(CC4)C4=C/C(=N/O)CC[C@@H]43)[C@@H]1[C@@H]1C[C@@H]1[C@@]21C=CCO1. The third kappa shape index (κ3) is 1.69. The van der Waals surface area contributed by atoms with E-state index >= 15 is 0 Å². The average molecular weight is 366 g/mol. The maximum absolute atomic E-state index is 9.34. The summed E-state index contributed by atoms with van der Waals surface area (Å²) in [6.45, 7) is 3.43. The number of hydrogen-bond acceptors (Lipinski definition) is 3. The molecule has 1 N–H and O–H groups in total. The summed E-state index contributed by atoms with van der Waals surface area (Å²) in [5.41, 5.74) is 3.51. The van der Waals surface area contributed by atoms with Crippen molar-refractivity contribution in [1.29, 1.82) is 0 Å². The van der Waals surface area contributed by atoms with E-state index in [1.54, 1.807) is 5.57 Å². The summed E-state index contributed by atoms with van der Waals surface area (Å²) in [4.78, 5) is 0. The van der Waals surface area contributed by atoms with Crippen molar-refractivity contribution in [2.45, 2.75) is 63.9 Å². The number of rotatable bonds is 0. The fourth-order valence-corrected chi connectivity index (χ4v) is 9.28. The lowest BCUT2D eigenvalue weighted by Crippen LogP contribution is -2.55. The molecule has 5 fully saturated rings. The molecule has 0 saturated heterocycles. The average Bonchev–Trinajstić information content (AvgIpc) is 3.58. The number of oxime groups is 1. The molecule has 8 atom stereocenters. The minimum atomic E-state index is 0.0728. The van der Waals surface area contributed by atoms with Crippen LogP contribution in [0.5, 0.6) is 0 Å². The standard InChI is InChI=1S/C24H31NO2/c1-22-7-5-15-16-4-3-14(25-26)11-19(16)23(8-9-23)13-18(15)21(22)17-12-20(17)24(22)6-2-10-27-24/h2,6,11,15-18,20-21,26H,3-5,7-10,12-13H2,1H3/b25-14+/t15-,16-,17-,18-,20+,21+,22+,24+/m1/s1. The van der Waals surface area contributed by atoms with E-state index in [4.69, 9.17) is 4.74 Å². The highest BCUT2D eigenvalue weighted by Gasteiger charge is 2.77. The summed E-state index contributed by atoms with van der Waals surface area (Å²) in [6.07, 6.45) is 17.6. The predicted octanol–water partition coefficient (Wildman–Crippen LogP) is 4.96. The molecule has 7 aliphatic rings. The summed E-state index contributed by atoms with van der Waals surface area (Å²) < 4.78 is 6.54. The van der Waals surface area contributed by atoms with Crippen LogP contribution in [0.25, 0.3) is 0 Å². The van der Waals surface area contributed by atoms with Gasteiger partial charge in [-0.3, -0.25) is 0 Å². The van der Waals surface area contributed by atoms with E-state index in [0.717, 1.165) is 54.2 Å². The van der Waals surface area contributed by atoms with Crippen molar-refractivity contribution in [3.05, 3.63) is 23.8 Å². The van der Waals surface area contributed by atoms with Crippen molar-refractivity contribution >= 4 is 5.71 Å². The van der Waals surface area contributed by atoms with E-state index in [1.807, 2.05) is 0 Å². The van der Waals surface area contributed by atoms with Crippen LogP contribution in [0.3, 0.4) is 0 Å².